The third-order valence-electron chi connectivity index (χ3n) is 4.72. The van der Waals surface area contributed by atoms with E-state index in [4.69, 9.17) is 0 Å². The third-order valence-corrected chi connectivity index (χ3v) is 5.67. The molecule has 172 valence electrons. The molecule has 1 saturated heterocycles. The van der Waals surface area contributed by atoms with Crippen LogP contribution in [0.4, 0.5) is 22.7 Å². The Hall–Kier alpha value is -1.63. The minimum Gasteiger partial charge on any atom is -0.357 e. The topological polar surface area (TPSA) is 52.6 Å². The van der Waals surface area contributed by atoms with Crippen LogP contribution >= 0.6 is 35.3 Å². The zero-order valence-corrected chi connectivity index (χ0v) is 20.3. The molecule has 1 aromatic carbocycles. The summed E-state index contributed by atoms with van der Waals surface area (Å²) in [4.78, 5) is 11.2. The van der Waals surface area contributed by atoms with E-state index in [0.29, 0.717) is 31.5 Å². The Morgan fingerprint density at radius 2 is 1.97 bits per heavy atom. The van der Waals surface area contributed by atoms with Crippen molar-refractivity contribution in [2.75, 3.05) is 31.1 Å². The molecule has 5 nitrogen and oxygen atoms in total. The monoisotopic (exact) mass is 571 g/mol. The van der Waals surface area contributed by atoms with Gasteiger partial charge in [0, 0.05) is 38.0 Å². The number of hydrogen-bond acceptors (Lipinski definition) is 4. The number of guanidine groups is 1. The minimum atomic E-state index is -4.63. The predicted octanol–water partition coefficient (Wildman–Crippen LogP) is 4.82. The summed E-state index contributed by atoms with van der Waals surface area (Å²) in [5.41, 5.74) is -0.0991. The summed E-state index contributed by atoms with van der Waals surface area (Å²) in [5.74, 6) is -0.512. The van der Waals surface area contributed by atoms with Gasteiger partial charge in [0.15, 0.2) is 11.1 Å². The Morgan fingerprint density at radius 1 is 1.23 bits per heavy atom. The van der Waals surface area contributed by atoms with Gasteiger partial charge in [0.05, 0.1) is 17.8 Å². The number of alkyl halides is 3. The highest BCUT2D eigenvalue weighted by Gasteiger charge is 2.33. The third kappa shape index (κ3) is 7.48. The van der Waals surface area contributed by atoms with Crippen molar-refractivity contribution in [2.24, 2.45) is 4.99 Å². The highest BCUT2D eigenvalue weighted by Crippen LogP contribution is 2.32. The molecule has 0 spiro atoms. The highest BCUT2D eigenvalue weighted by atomic mass is 127. The summed E-state index contributed by atoms with van der Waals surface area (Å²) in [5, 5.41) is 9.21. The Labute approximate surface area is 200 Å². The first-order chi connectivity index (χ1) is 14.4. The van der Waals surface area contributed by atoms with Crippen LogP contribution in [0.15, 0.2) is 28.6 Å². The normalized spacial score (nSPS) is 14.5. The number of nitrogens with zero attached hydrogens (tertiary/aromatic N) is 3. The standard InChI is InChI=1S/C20H25F4N5S.HI/c1-2-25-18(27-12-14-5-6-15(21)11-17(14)20(22,23)24)26-8-7-16-13-30-19(28-16)29-9-3-4-10-29;/h5-6,11,13H,2-4,7-10,12H2,1H3,(H2,25,26,27);1H. The van der Waals surface area contributed by atoms with E-state index >= 15 is 0 Å². The molecule has 2 heterocycles. The lowest BCUT2D eigenvalue weighted by atomic mass is 10.1. The van der Waals surface area contributed by atoms with Crippen LogP contribution in [0.2, 0.25) is 0 Å². The molecule has 0 aliphatic carbocycles. The number of nitrogens with one attached hydrogen (secondary N) is 2. The van der Waals surface area contributed by atoms with Crippen LogP contribution in [0.1, 0.15) is 36.6 Å². The van der Waals surface area contributed by atoms with E-state index in [1.54, 1.807) is 11.3 Å². The lowest BCUT2D eigenvalue weighted by Gasteiger charge is -2.14. The van der Waals surface area contributed by atoms with Gasteiger partial charge in [0.25, 0.3) is 0 Å². The minimum absolute atomic E-state index is 0. The van der Waals surface area contributed by atoms with Crippen LogP contribution in [0.5, 0.6) is 0 Å². The average molecular weight is 571 g/mol. The fraction of sp³-hybridized carbons (Fsp3) is 0.500. The van der Waals surface area contributed by atoms with Crippen molar-refractivity contribution >= 4 is 46.4 Å². The number of aliphatic imine (C=N–C) groups is 1. The van der Waals surface area contributed by atoms with Gasteiger partial charge < -0.3 is 15.5 Å². The zero-order chi connectivity index (χ0) is 21.6. The van der Waals surface area contributed by atoms with Gasteiger partial charge in [-0.05, 0) is 37.5 Å². The quantitative estimate of drug-likeness (QED) is 0.217. The first kappa shape index (κ1) is 25.6. The molecule has 11 heteroatoms. The van der Waals surface area contributed by atoms with Crippen LogP contribution in [-0.4, -0.2) is 37.1 Å². The van der Waals surface area contributed by atoms with Crippen molar-refractivity contribution in [3.8, 4) is 0 Å². The summed E-state index contributed by atoms with van der Waals surface area (Å²) in [7, 11) is 0. The Bertz CT molecular complexity index is 865. The lowest BCUT2D eigenvalue weighted by molar-refractivity contribution is -0.138. The van der Waals surface area contributed by atoms with Gasteiger partial charge in [-0.1, -0.05) is 6.07 Å². The number of hydrogen-bond donors (Lipinski definition) is 2. The zero-order valence-electron chi connectivity index (χ0n) is 17.1. The fourth-order valence-electron chi connectivity index (χ4n) is 3.23. The second-order valence-electron chi connectivity index (χ2n) is 6.99. The summed E-state index contributed by atoms with van der Waals surface area (Å²) >= 11 is 1.63. The van der Waals surface area contributed by atoms with E-state index in [9.17, 15) is 17.6 Å². The summed E-state index contributed by atoms with van der Waals surface area (Å²) < 4.78 is 52.7. The molecule has 0 bridgehead atoms. The van der Waals surface area contributed by atoms with Crippen molar-refractivity contribution in [1.29, 1.82) is 0 Å². The summed E-state index contributed by atoms with van der Waals surface area (Å²) in [6.45, 7) is 4.87. The van der Waals surface area contributed by atoms with Crippen LogP contribution in [0, 0.1) is 5.82 Å². The van der Waals surface area contributed by atoms with Crippen molar-refractivity contribution in [3.05, 3.63) is 46.2 Å². The molecule has 2 aromatic rings. The highest BCUT2D eigenvalue weighted by molar-refractivity contribution is 14.0. The maximum Gasteiger partial charge on any atom is 0.416 e. The number of aromatic nitrogens is 1. The number of thiazole rings is 1. The predicted molar refractivity (Wildman–Crippen MR) is 127 cm³/mol. The van der Waals surface area contributed by atoms with E-state index in [-0.39, 0.29) is 36.1 Å². The van der Waals surface area contributed by atoms with Gasteiger partial charge >= 0.3 is 6.18 Å². The average Bonchev–Trinajstić information content (AvgIpc) is 3.38. The second kappa shape index (κ2) is 11.8. The van der Waals surface area contributed by atoms with Crippen molar-refractivity contribution in [1.82, 2.24) is 15.6 Å². The molecule has 0 saturated carbocycles. The lowest BCUT2D eigenvalue weighted by Crippen LogP contribution is -2.38. The van der Waals surface area contributed by atoms with Crippen molar-refractivity contribution in [2.45, 2.75) is 38.9 Å². The number of anilines is 1. The summed E-state index contributed by atoms with van der Waals surface area (Å²) in [6.07, 6.45) is -1.55. The number of benzene rings is 1. The Balaban J connectivity index is 0.00000341. The number of halogens is 5. The molecule has 2 N–H and O–H groups in total. The molecule has 1 aliphatic heterocycles. The van der Waals surface area contributed by atoms with Gasteiger partial charge in [-0.3, -0.25) is 0 Å². The van der Waals surface area contributed by atoms with Crippen molar-refractivity contribution < 1.29 is 17.6 Å². The van der Waals surface area contributed by atoms with Crippen LogP contribution < -0.4 is 15.5 Å². The van der Waals surface area contributed by atoms with Gasteiger partial charge in [-0.25, -0.2) is 14.4 Å². The molecular weight excluding hydrogens is 545 g/mol. The van der Waals surface area contributed by atoms with E-state index in [1.165, 1.54) is 12.8 Å². The Kier molecular flexibility index (Phi) is 9.79. The van der Waals surface area contributed by atoms with Crippen molar-refractivity contribution in [3.63, 3.8) is 0 Å². The van der Waals surface area contributed by atoms with Crippen LogP contribution in [0.25, 0.3) is 0 Å². The van der Waals surface area contributed by atoms with Gasteiger partial charge in [-0.2, -0.15) is 13.2 Å². The molecule has 0 unspecified atom stereocenters. The van der Waals surface area contributed by atoms with E-state index in [1.807, 2.05) is 12.3 Å². The molecule has 0 atom stereocenters. The fourth-order valence-corrected chi connectivity index (χ4v) is 4.14. The largest absolute Gasteiger partial charge is 0.416 e. The maximum absolute atomic E-state index is 13.3. The first-order valence-electron chi connectivity index (χ1n) is 9.94. The van der Waals surface area contributed by atoms with E-state index in [2.05, 4.69) is 25.5 Å². The number of rotatable bonds is 7. The van der Waals surface area contributed by atoms with Gasteiger partial charge in [-0.15, -0.1) is 35.3 Å². The van der Waals surface area contributed by atoms with Gasteiger partial charge in [0.1, 0.15) is 5.82 Å². The molecule has 1 fully saturated rings. The maximum atomic E-state index is 13.3. The molecule has 0 amide bonds. The van der Waals surface area contributed by atoms with Crippen LogP contribution in [0.3, 0.4) is 0 Å². The molecule has 3 rings (SSSR count). The summed E-state index contributed by atoms with van der Waals surface area (Å²) in [6, 6.07) is 2.65. The van der Waals surface area contributed by atoms with E-state index in [0.717, 1.165) is 36.0 Å². The molecule has 31 heavy (non-hydrogen) atoms. The molecule has 0 radical (unpaired) electrons. The van der Waals surface area contributed by atoms with Crippen LogP contribution in [-0.2, 0) is 19.1 Å². The molecule has 1 aliphatic rings. The molecular formula is C20H26F4IN5S. The van der Waals surface area contributed by atoms with E-state index < -0.39 is 17.6 Å². The second-order valence-corrected chi connectivity index (χ2v) is 7.82. The Morgan fingerprint density at radius 3 is 2.65 bits per heavy atom. The smallest absolute Gasteiger partial charge is 0.357 e. The SMILES string of the molecule is CCNC(=NCc1ccc(F)cc1C(F)(F)F)NCCc1csc(N2CCCC2)n1.I. The van der Waals surface area contributed by atoms with Gasteiger partial charge in [0.2, 0.25) is 0 Å². The molecule has 1 aromatic heterocycles. The first-order valence-corrected chi connectivity index (χ1v) is 10.8.